The first-order valence-corrected chi connectivity index (χ1v) is 10.1. The van der Waals surface area contributed by atoms with Gasteiger partial charge in [-0.15, -0.1) is 11.3 Å². The topological polar surface area (TPSA) is 74.3 Å². The van der Waals surface area contributed by atoms with Crippen LogP contribution in [0.3, 0.4) is 0 Å². The zero-order chi connectivity index (χ0) is 20.5. The van der Waals surface area contributed by atoms with Crippen LogP contribution >= 0.6 is 11.3 Å². The summed E-state index contributed by atoms with van der Waals surface area (Å²) < 4.78 is 12.7. The van der Waals surface area contributed by atoms with E-state index < -0.39 is 6.17 Å². The lowest BCUT2D eigenvalue weighted by molar-refractivity contribution is 0.0785. The molecule has 0 aliphatic heterocycles. The summed E-state index contributed by atoms with van der Waals surface area (Å²) in [5.74, 6) is -0.390. The van der Waals surface area contributed by atoms with Crippen LogP contribution < -0.4 is 10.6 Å². The highest BCUT2D eigenvalue weighted by atomic mass is 32.1. The van der Waals surface area contributed by atoms with Gasteiger partial charge in [-0.1, -0.05) is 6.07 Å². The fourth-order valence-corrected chi connectivity index (χ4v) is 3.41. The molecule has 2 rings (SSSR count). The van der Waals surface area contributed by atoms with Gasteiger partial charge in [0.2, 0.25) is 0 Å². The molecule has 0 saturated carbocycles. The number of benzene rings is 1. The molecular formula is C20H27FN4O2S. The average Bonchev–Trinajstić information content (AvgIpc) is 3.08. The zero-order valence-electron chi connectivity index (χ0n) is 16.5. The van der Waals surface area contributed by atoms with Crippen molar-refractivity contribution in [2.45, 2.75) is 33.0 Å². The van der Waals surface area contributed by atoms with E-state index in [0.717, 1.165) is 10.7 Å². The van der Waals surface area contributed by atoms with Gasteiger partial charge in [0.25, 0.3) is 11.8 Å². The molecule has 1 unspecified atom stereocenters. The molecule has 0 bridgehead atoms. The molecule has 8 heteroatoms. The Morgan fingerprint density at radius 1 is 1.29 bits per heavy atom. The second-order valence-corrected chi connectivity index (χ2v) is 7.66. The van der Waals surface area contributed by atoms with Crippen LogP contribution in [0, 0.1) is 6.92 Å². The molecule has 0 fully saturated rings. The number of aromatic nitrogens is 1. The van der Waals surface area contributed by atoms with Crippen molar-refractivity contribution >= 4 is 23.2 Å². The predicted octanol–water partition coefficient (Wildman–Crippen LogP) is 2.79. The van der Waals surface area contributed by atoms with Crippen molar-refractivity contribution in [1.29, 1.82) is 0 Å². The first-order chi connectivity index (χ1) is 13.4. The van der Waals surface area contributed by atoms with Crippen molar-refractivity contribution in [3.05, 3.63) is 51.5 Å². The maximum absolute atomic E-state index is 12.7. The van der Waals surface area contributed by atoms with E-state index in [1.807, 2.05) is 12.3 Å². The zero-order valence-corrected chi connectivity index (χ0v) is 17.3. The summed E-state index contributed by atoms with van der Waals surface area (Å²) >= 11 is 1.52. The molecule has 0 saturated heterocycles. The van der Waals surface area contributed by atoms with E-state index in [4.69, 9.17) is 0 Å². The molecule has 2 amide bonds. The molecule has 2 N–H and O–H groups in total. The smallest absolute Gasteiger partial charge is 0.253 e. The number of hydrogen-bond donors (Lipinski definition) is 2. The molecule has 152 valence electrons. The van der Waals surface area contributed by atoms with Gasteiger partial charge in [-0.3, -0.25) is 9.59 Å². The molecule has 1 heterocycles. The van der Waals surface area contributed by atoms with Crippen molar-refractivity contribution in [2.24, 2.45) is 0 Å². The Morgan fingerprint density at radius 2 is 2.04 bits per heavy atom. The predicted molar refractivity (Wildman–Crippen MR) is 109 cm³/mol. The minimum Gasteiger partial charge on any atom is -0.352 e. The third kappa shape index (κ3) is 7.01. The Kier molecular flexibility index (Phi) is 8.53. The van der Waals surface area contributed by atoms with Gasteiger partial charge in [0.1, 0.15) is 11.2 Å². The Bertz CT molecular complexity index is 794. The highest BCUT2D eigenvalue weighted by Crippen LogP contribution is 2.14. The second-order valence-electron chi connectivity index (χ2n) is 6.72. The number of amides is 2. The summed E-state index contributed by atoms with van der Waals surface area (Å²) in [7, 11) is 1.72. The van der Waals surface area contributed by atoms with Gasteiger partial charge in [-0.25, -0.2) is 9.37 Å². The van der Waals surface area contributed by atoms with E-state index in [-0.39, 0.29) is 11.8 Å². The summed E-state index contributed by atoms with van der Waals surface area (Å²) in [6.45, 7) is 5.27. The number of rotatable bonds is 10. The van der Waals surface area contributed by atoms with Gasteiger partial charge in [-0.2, -0.15) is 0 Å². The normalized spacial score (nSPS) is 11.9. The van der Waals surface area contributed by atoms with Crippen LogP contribution in [0.15, 0.2) is 29.6 Å². The number of nitrogens with one attached hydrogen (secondary N) is 2. The Balaban J connectivity index is 1.86. The molecular weight excluding hydrogens is 379 g/mol. The molecule has 28 heavy (non-hydrogen) atoms. The number of nitrogens with zero attached hydrogens (tertiary/aromatic N) is 2. The lowest BCUT2D eigenvalue weighted by Crippen LogP contribution is -2.29. The summed E-state index contributed by atoms with van der Waals surface area (Å²) in [6.07, 6.45) is -0.180. The summed E-state index contributed by atoms with van der Waals surface area (Å²) in [5, 5.41) is 8.62. The van der Waals surface area contributed by atoms with E-state index in [1.54, 1.807) is 36.2 Å². The number of aryl methyl sites for hydroxylation is 1. The molecule has 0 spiro atoms. The molecule has 1 aromatic carbocycles. The van der Waals surface area contributed by atoms with E-state index in [0.29, 0.717) is 43.7 Å². The fraction of sp³-hybridized carbons (Fsp3) is 0.450. The van der Waals surface area contributed by atoms with Gasteiger partial charge >= 0.3 is 0 Å². The molecule has 0 aliphatic rings. The van der Waals surface area contributed by atoms with Crippen LogP contribution in [0.2, 0.25) is 0 Å². The quantitative estimate of drug-likeness (QED) is 0.595. The third-order valence-corrected chi connectivity index (χ3v) is 4.95. The van der Waals surface area contributed by atoms with Gasteiger partial charge < -0.3 is 15.5 Å². The van der Waals surface area contributed by atoms with Crippen LogP contribution in [-0.4, -0.2) is 54.6 Å². The second kappa shape index (κ2) is 10.9. The molecule has 0 radical (unpaired) electrons. The average molecular weight is 407 g/mol. The highest BCUT2D eigenvalue weighted by molar-refractivity contribution is 7.09. The number of thiazole rings is 1. The monoisotopic (exact) mass is 406 g/mol. The lowest BCUT2D eigenvalue weighted by atomic mass is 10.1. The van der Waals surface area contributed by atoms with E-state index in [1.165, 1.54) is 18.3 Å². The Labute approximate surface area is 169 Å². The Hall–Kier alpha value is -2.32. The van der Waals surface area contributed by atoms with E-state index in [9.17, 15) is 14.0 Å². The summed E-state index contributed by atoms with van der Waals surface area (Å²) in [4.78, 5) is 30.9. The maximum Gasteiger partial charge on any atom is 0.253 e. The first-order valence-electron chi connectivity index (χ1n) is 9.26. The van der Waals surface area contributed by atoms with Crippen LogP contribution in [0.4, 0.5) is 4.39 Å². The molecule has 1 atom stereocenters. The van der Waals surface area contributed by atoms with Crippen LogP contribution in [0.25, 0.3) is 0 Å². The van der Waals surface area contributed by atoms with Gasteiger partial charge in [-0.05, 0) is 45.0 Å². The Morgan fingerprint density at radius 3 is 2.71 bits per heavy atom. The minimum absolute atomic E-state index is 0.160. The summed E-state index contributed by atoms with van der Waals surface area (Å²) in [6, 6.07) is 6.68. The molecule has 1 aromatic heterocycles. The van der Waals surface area contributed by atoms with E-state index >= 15 is 0 Å². The minimum atomic E-state index is -0.882. The van der Waals surface area contributed by atoms with Crippen LogP contribution in [0.1, 0.15) is 44.8 Å². The van der Waals surface area contributed by atoms with Crippen molar-refractivity contribution < 1.29 is 14.0 Å². The number of alkyl halides is 1. The number of hydrogen-bond acceptors (Lipinski definition) is 5. The highest BCUT2D eigenvalue weighted by Gasteiger charge is 2.15. The SMILES string of the molecule is Cc1csc(CN(C)C(=O)c2cccc(C(=O)NCCCNCC(C)F)c2)n1. The summed E-state index contributed by atoms with van der Waals surface area (Å²) in [5.41, 5.74) is 1.84. The van der Waals surface area contributed by atoms with E-state index in [2.05, 4.69) is 15.6 Å². The number of carbonyl (C=O) groups excluding carboxylic acids is 2. The maximum atomic E-state index is 12.7. The van der Waals surface area contributed by atoms with Crippen LogP contribution in [0.5, 0.6) is 0 Å². The number of halogens is 1. The van der Waals surface area contributed by atoms with Crippen molar-refractivity contribution in [2.75, 3.05) is 26.7 Å². The van der Waals surface area contributed by atoms with Gasteiger partial charge in [0.15, 0.2) is 0 Å². The standard InChI is InChI=1S/C20H27FN4O2S/c1-14(21)11-22-8-5-9-23-19(26)16-6-4-7-17(10-16)20(27)25(3)12-18-24-15(2)13-28-18/h4,6-7,10,13-14,22H,5,8-9,11-12H2,1-3H3,(H,23,26). The molecule has 0 aliphatic carbocycles. The van der Waals surface area contributed by atoms with Crippen LogP contribution in [-0.2, 0) is 6.54 Å². The third-order valence-electron chi connectivity index (χ3n) is 4.00. The first kappa shape index (κ1) is 22.0. The number of carbonyl (C=O) groups is 2. The van der Waals surface area contributed by atoms with Crippen molar-refractivity contribution in [3.8, 4) is 0 Å². The van der Waals surface area contributed by atoms with Gasteiger partial charge in [0, 0.05) is 42.3 Å². The largest absolute Gasteiger partial charge is 0.352 e. The molecule has 2 aromatic rings. The van der Waals surface area contributed by atoms with Crippen molar-refractivity contribution in [3.63, 3.8) is 0 Å². The lowest BCUT2D eigenvalue weighted by Gasteiger charge is -2.16. The van der Waals surface area contributed by atoms with Crippen molar-refractivity contribution in [1.82, 2.24) is 20.5 Å². The van der Waals surface area contributed by atoms with Gasteiger partial charge in [0.05, 0.1) is 6.54 Å². The fourth-order valence-electron chi connectivity index (χ4n) is 2.58. The molecule has 6 nitrogen and oxygen atoms in total.